The van der Waals surface area contributed by atoms with Crippen molar-refractivity contribution in [2.75, 3.05) is 13.7 Å². The van der Waals surface area contributed by atoms with E-state index in [1.807, 2.05) is 0 Å². The van der Waals surface area contributed by atoms with Crippen LogP contribution in [-0.4, -0.2) is 38.9 Å². The first-order chi connectivity index (χ1) is 13.1. The van der Waals surface area contributed by atoms with Gasteiger partial charge in [0, 0.05) is 25.2 Å². The molecular weight excluding hydrogens is 383 g/mol. The summed E-state index contributed by atoms with van der Waals surface area (Å²) in [5.74, 6) is -0.275. The number of carbonyl (C=O) groups is 1. The molecule has 2 aromatic rings. The number of rotatable bonds is 8. The number of likely N-dealkylation sites (N-methyl/N-ethyl adjacent to an activating group) is 1. The lowest BCUT2D eigenvalue weighted by Gasteiger charge is -2.18. The van der Waals surface area contributed by atoms with E-state index in [9.17, 15) is 17.6 Å². The lowest BCUT2D eigenvalue weighted by atomic mass is 10.2. The predicted molar refractivity (Wildman–Crippen MR) is 105 cm³/mol. The van der Waals surface area contributed by atoms with Gasteiger partial charge in [-0.25, -0.2) is 17.5 Å². The third-order valence-corrected chi connectivity index (χ3v) is 5.65. The summed E-state index contributed by atoms with van der Waals surface area (Å²) < 4.78 is 46.2. The summed E-state index contributed by atoms with van der Waals surface area (Å²) >= 11 is 0. The molecule has 0 atom stereocenters. The van der Waals surface area contributed by atoms with Crippen molar-refractivity contribution in [3.05, 3.63) is 59.4 Å². The fourth-order valence-corrected chi connectivity index (χ4v) is 3.89. The maximum atomic E-state index is 13.7. The van der Waals surface area contributed by atoms with Crippen molar-refractivity contribution in [1.29, 1.82) is 0 Å². The van der Waals surface area contributed by atoms with Gasteiger partial charge in [-0.1, -0.05) is 18.2 Å². The minimum absolute atomic E-state index is 0.131. The summed E-state index contributed by atoms with van der Waals surface area (Å²) in [5.41, 5.74) is 1.01. The van der Waals surface area contributed by atoms with E-state index in [4.69, 9.17) is 4.74 Å². The first-order valence-corrected chi connectivity index (χ1v) is 10.3. The Bertz CT molecular complexity index is 945. The van der Waals surface area contributed by atoms with Crippen LogP contribution in [0.4, 0.5) is 4.39 Å². The number of hydrogen-bond donors (Lipinski definition) is 1. The van der Waals surface area contributed by atoms with E-state index in [2.05, 4.69) is 4.72 Å². The number of nitrogens with zero attached hydrogens (tertiary/aromatic N) is 1. The van der Waals surface area contributed by atoms with Gasteiger partial charge in [0.1, 0.15) is 11.6 Å². The molecule has 0 saturated carbocycles. The second kappa shape index (κ2) is 9.16. The van der Waals surface area contributed by atoms with Gasteiger partial charge in [0.05, 0.1) is 4.90 Å². The van der Waals surface area contributed by atoms with Crippen molar-refractivity contribution in [3.8, 4) is 5.75 Å². The quantitative estimate of drug-likeness (QED) is 0.729. The fourth-order valence-electron chi connectivity index (χ4n) is 2.55. The molecule has 0 unspecified atom stereocenters. The fraction of sp³-hybridized carbons (Fsp3) is 0.350. The highest BCUT2D eigenvalue weighted by Crippen LogP contribution is 2.22. The second-order valence-electron chi connectivity index (χ2n) is 6.83. The summed E-state index contributed by atoms with van der Waals surface area (Å²) in [6, 6.07) is 10.5. The van der Waals surface area contributed by atoms with Gasteiger partial charge >= 0.3 is 0 Å². The molecule has 0 aromatic heterocycles. The van der Waals surface area contributed by atoms with Crippen LogP contribution >= 0.6 is 0 Å². The highest BCUT2D eigenvalue weighted by atomic mass is 32.2. The number of sulfonamides is 1. The topological polar surface area (TPSA) is 75.7 Å². The van der Waals surface area contributed by atoms with E-state index in [0.29, 0.717) is 16.9 Å². The third kappa shape index (κ3) is 5.77. The standard InChI is InChI=1S/C20H25FN2O4S/c1-14(2)22-28(25,26)17-9-10-19(15(3)11-17)27-13-20(24)23(4)12-16-7-5-6-8-18(16)21/h5-11,14,22H,12-13H2,1-4H3. The minimum atomic E-state index is -3.60. The Labute approximate surface area is 165 Å². The van der Waals surface area contributed by atoms with Crippen LogP contribution in [0.3, 0.4) is 0 Å². The van der Waals surface area contributed by atoms with E-state index >= 15 is 0 Å². The highest BCUT2D eigenvalue weighted by Gasteiger charge is 2.17. The average Bonchev–Trinajstić information content (AvgIpc) is 2.61. The zero-order valence-electron chi connectivity index (χ0n) is 16.4. The van der Waals surface area contributed by atoms with Crippen LogP contribution in [0, 0.1) is 12.7 Å². The molecule has 0 saturated heterocycles. The van der Waals surface area contributed by atoms with Crippen molar-refractivity contribution in [1.82, 2.24) is 9.62 Å². The maximum Gasteiger partial charge on any atom is 0.260 e. The number of nitrogens with one attached hydrogen (secondary N) is 1. The van der Waals surface area contributed by atoms with Gasteiger partial charge < -0.3 is 9.64 Å². The molecule has 28 heavy (non-hydrogen) atoms. The SMILES string of the molecule is Cc1cc(S(=O)(=O)NC(C)C)ccc1OCC(=O)N(C)Cc1ccccc1F. The summed E-state index contributed by atoms with van der Waals surface area (Å²) in [5, 5.41) is 0. The van der Waals surface area contributed by atoms with Crippen molar-refractivity contribution >= 4 is 15.9 Å². The molecule has 6 nitrogen and oxygen atoms in total. The minimum Gasteiger partial charge on any atom is -0.483 e. The number of ether oxygens (including phenoxy) is 1. The third-order valence-electron chi connectivity index (χ3n) is 3.99. The Morgan fingerprint density at radius 2 is 1.89 bits per heavy atom. The number of amides is 1. The Hall–Kier alpha value is -2.45. The zero-order valence-corrected chi connectivity index (χ0v) is 17.2. The van der Waals surface area contributed by atoms with Crippen LogP contribution in [0.5, 0.6) is 5.75 Å². The molecule has 0 aliphatic rings. The molecule has 152 valence electrons. The van der Waals surface area contributed by atoms with Crippen LogP contribution in [0.25, 0.3) is 0 Å². The van der Waals surface area contributed by atoms with E-state index in [0.717, 1.165) is 0 Å². The van der Waals surface area contributed by atoms with E-state index < -0.39 is 10.0 Å². The van der Waals surface area contributed by atoms with E-state index in [1.165, 1.54) is 29.2 Å². The van der Waals surface area contributed by atoms with Gasteiger partial charge in [-0.3, -0.25) is 4.79 Å². The molecule has 0 bridgehead atoms. The van der Waals surface area contributed by atoms with Crippen molar-refractivity contribution in [2.45, 2.75) is 38.3 Å². The first-order valence-electron chi connectivity index (χ1n) is 8.83. The predicted octanol–water partition coefficient (Wildman–Crippen LogP) is 2.86. The monoisotopic (exact) mass is 408 g/mol. The molecule has 2 rings (SSSR count). The van der Waals surface area contributed by atoms with Crippen LogP contribution in [0.1, 0.15) is 25.0 Å². The second-order valence-corrected chi connectivity index (χ2v) is 8.55. The Morgan fingerprint density at radius 3 is 2.50 bits per heavy atom. The van der Waals surface area contributed by atoms with Crippen molar-refractivity contribution < 1.29 is 22.3 Å². The molecule has 0 aliphatic heterocycles. The molecule has 8 heteroatoms. The number of halogens is 1. The number of benzene rings is 2. The Balaban J connectivity index is 2.00. The van der Waals surface area contributed by atoms with Gasteiger partial charge in [-0.2, -0.15) is 0 Å². The van der Waals surface area contributed by atoms with Gasteiger partial charge in [-0.15, -0.1) is 0 Å². The zero-order chi connectivity index (χ0) is 20.9. The molecule has 1 amide bonds. The molecule has 1 N–H and O–H groups in total. The van der Waals surface area contributed by atoms with Crippen molar-refractivity contribution in [2.24, 2.45) is 0 Å². The molecular formula is C20H25FN2O4S. The van der Waals surface area contributed by atoms with Gasteiger partial charge in [0.15, 0.2) is 6.61 Å². The summed E-state index contributed by atoms with van der Waals surface area (Å²) in [4.78, 5) is 13.8. The number of carbonyl (C=O) groups excluding carboxylic acids is 1. The summed E-state index contributed by atoms with van der Waals surface area (Å²) in [7, 11) is -2.03. The van der Waals surface area contributed by atoms with E-state index in [-0.39, 0.29) is 35.8 Å². The van der Waals surface area contributed by atoms with E-state index in [1.54, 1.807) is 46.0 Å². The summed E-state index contributed by atoms with van der Waals surface area (Å²) in [6.07, 6.45) is 0. The first kappa shape index (κ1) is 21.8. The molecule has 0 radical (unpaired) electrons. The average molecular weight is 408 g/mol. The number of hydrogen-bond acceptors (Lipinski definition) is 4. The van der Waals surface area contributed by atoms with Crippen LogP contribution in [0.15, 0.2) is 47.4 Å². The normalized spacial score (nSPS) is 11.5. The Morgan fingerprint density at radius 1 is 1.21 bits per heavy atom. The van der Waals surface area contributed by atoms with Gasteiger partial charge in [0.2, 0.25) is 10.0 Å². The molecule has 0 aliphatic carbocycles. The van der Waals surface area contributed by atoms with Crippen LogP contribution in [-0.2, 0) is 21.4 Å². The Kier molecular flexibility index (Phi) is 7.15. The van der Waals surface area contributed by atoms with Gasteiger partial charge in [0.25, 0.3) is 5.91 Å². The summed E-state index contributed by atoms with van der Waals surface area (Å²) in [6.45, 7) is 5.09. The molecule has 0 spiro atoms. The highest BCUT2D eigenvalue weighted by molar-refractivity contribution is 7.89. The molecule has 0 fully saturated rings. The lowest BCUT2D eigenvalue weighted by molar-refractivity contribution is -0.132. The largest absolute Gasteiger partial charge is 0.483 e. The number of aryl methyl sites for hydroxylation is 1. The smallest absolute Gasteiger partial charge is 0.260 e. The maximum absolute atomic E-state index is 13.7. The lowest BCUT2D eigenvalue weighted by Crippen LogP contribution is -2.31. The molecule has 0 heterocycles. The molecule has 2 aromatic carbocycles. The van der Waals surface area contributed by atoms with Gasteiger partial charge in [-0.05, 0) is 50.6 Å². The van der Waals surface area contributed by atoms with Crippen molar-refractivity contribution in [3.63, 3.8) is 0 Å². The van der Waals surface area contributed by atoms with Crippen LogP contribution in [0.2, 0.25) is 0 Å². The van der Waals surface area contributed by atoms with Crippen LogP contribution < -0.4 is 9.46 Å².